The highest BCUT2D eigenvalue weighted by Gasteiger charge is 2.12. The van der Waals surface area contributed by atoms with E-state index in [0.717, 1.165) is 12.8 Å². The molecule has 0 fully saturated rings. The molecule has 0 N–H and O–H groups in total. The summed E-state index contributed by atoms with van der Waals surface area (Å²) in [5, 5.41) is 0. The third-order valence-corrected chi connectivity index (χ3v) is 4.67. The number of pyridine rings is 1. The highest BCUT2D eigenvalue weighted by Crippen LogP contribution is 2.21. The van der Waals surface area contributed by atoms with Gasteiger partial charge in [-0.3, -0.25) is 4.98 Å². The molecule has 0 unspecified atom stereocenters. The lowest BCUT2D eigenvalue weighted by molar-refractivity contribution is 0.410. The quantitative estimate of drug-likeness (QED) is 0.381. The van der Waals surface area contributed by atoms with Crippen molar-refractivity contribution in [2.24, 2.45) is 10.8 Å². The molecule has 0 aliphatic rings. The van der Waals surface area contributed by atoms with Gasteiger partial charge in [-0.05, 0) is 51.8 Å². The van der Waals surface area contributed by atoms with Crippen LogP contribution in [0.4, 0.5) is 0 Å². The van der Waals surface area contributed by atoms with Crippen molar-refractivity contribution >= 4 is 0 Å². The SMILES string of the molecule is C.CC(C)(C)Cc1ccccc1.CC(C)(C)Cc1cccnc1.CC(C)(C)c1ccccc1. The molecule has 0 bridgehead atoms. The summed E-state index contributed by atoms with van der Waals surface area (Å²) in [6.07, 6.45) is 6.01. The van der Waals surface area contributed by atoms with Gasteiger partial charge < -0.3 is 0 Å². The molecule has 0 radical (unpaired) electrons. The second kappa shape index (κ2) is 14.0. The van der Waals surface area contributed by atoms with Crippen molar-refractivity contribution in [2.45, 2.75) is 88.0 Å². The van der Waals surface area contributed by atoms with Gasteiger partial charge in [0.2, 0.25) is 0 Å². The van der Waals surface area contributed by atoms with Crippen molar-refractivity contribution in [3.63, 3.8) is 0 Å². The first kappa shape index (κ1) is 30.6. The number of aromatic nitrogens is 1. The molecule has 0 aliphatic heterocycles. The molecule has 0 spiro atoms. The highest BCUT2D eigenvalue weighted by atomic mass is 14.6. The summed E-state index contributed by atoms with van der Waals surface area (Å²) < 4.78 is 0. The Hall–Kier alpha value is -2.41. The first-order valence-electron chi connectivity index (χ1n) is 11.7. The average molecular weight is 448 g/mol. The first-order valence-corrected chi connectivity index (χ1v) is 11.7. The fourth-order valence-corrected chi connectivity index (χ4v) is 3.26. The molecule has 1 aromatic heterocycles. The molecule has 33 heavy (non-hydrogen) atoms. The van der Waals surface area contributed by atoms with Crippen molar-refractivity contribution in [3.8, 4) is 0 Å². The van der Waals surface area contributed by atoms with Crippen LogP contribution in [0.3, 0.4) is 0 Å². The Kier molecular flexibility index (Phi) is 13.0. The Bertz CT molecular complexity index is 794. The van der Waals surface area contributed by atoms with Crippen molar-refractivity contribution in [1.82, 2.24) is 4.98 Å². The fraction of sp³-hybridized carbons (Fsp3) is 0.469. The van der Waals surface area contributed by atoms with Crippen molar-refractivity contribution in [1.29, 1.82) is 0 Å². The number of hydrogen-bond acceptors (Lipinski definition) is 1. The van der Waals surface area contributed by atoms with E-state index in [1.165, 1.54) is 16.7 Å². The summed E-state index contributed by atoms with van der Waals surface area (Å²) in [6.45, 7) is 20.2. The third-order valence-electron chi connectivity index (χ3n) is 4.67. The monoisotopic (exact) mass is 447 g/mol. The summed E-state index contributed by atoms with van der Waals surface area (Å²) in [7, 11) is 0. The summed E-state index contributed by atoms with van der Waals surface area (Å²) >= 11 is 0. The van der Waals surface area contributed by atoms with E-state index in [0.29, 0.717) is 16.2 Å². The number of rotatable bonds is 2. The standard InChI is InChI=1S/C11H16.C10H15N.C10H14.CH4/c1-11(2,3)9-10-7-5-4-6-8-10;1-10(2,3)7-9-5-4-6-11-8-9;1-10(2,3)9-7-5-4-6-8-9;/h4-8H,9H2,1-3H3;4-6,8H,7H2,1-3H3;4-8H,1-3H3;1H4. The minimum atomic E-state index is 0. The van der Waals surface area contributed by atoms with E-state index in [1.54, 1.807) is 0 Å². The topological polar surface area (TPSA) is 12.9 Å². The van der Waals surface area contributed by atoms with Gasteiger partial charge in [0.25, 0.3) is 0 Å². The Labute approximate surface area is 205 Å². The van der Waals surface area contributed by atoms with E-state index in [2.05, 4.69) is 134 Å². The van der Waals surface area contributed by atoms with Crippen LogP contribution in [0.25, 0.3) is 0 Å². The van der Waals surface area contributed by atoms with E-state index < -0.39 is 0 Å². The summed E-state index contributed by atoms with van der Waals surface area (Å²) in [5.41, 5.74) is 5.21. The van der Waals surface area contributed by atoms with Crippen LogP contribution in [-0.4, -0.2) is 4.98 Å². The van der Waals surface area contributed by atoms with Crippen LogP contribution in [0.5, 0.6) is 0 Å². The Morgan fingerprint density at radius 2 is 0.970 bits per heavy atom. The van der Waals surface area contributed by atoms with Crippen LogP contribution in [0, 0.1) is 10.8 Å². The molecule has 0 amide bonds. The molecular formula is C32H49N. The molecule has 1 nitrogen and oxygen atoms in total. The average Bonchev–Trinajstić information content (AvgIpc) is 2.68. The van der Waals surface area contributed by atoms with Crippen molar-refractivity contribution < 1.29 is 0 Å². The molecule has 3 rings (SSSR count). The minimum absolute atomic E-state index is 0. The summed E-state index contributed by atoms with van der Waals surface area (Å²) in [5.74, 6) is 0. The molecule has 3 aromatic rings. The number of nitrogens with zero attached hydrogens (tertiary/aromatic N) is 1. The molecule has 0 aliphatic carbocycles. The zero-order valence-corrected chi connectivity index (χ0v) is 21.9. The molecule has 0 saturated carbocycles. The molecule has 182 valence electrons. The molecule has 0 saturated heterocycles. The highest BCUT2D eigenvalue weighted by molar-refractivity contribution is 5.22. The smallest absolute Gasteiger partial charge is 0.0300 e. The second-order valence-corrected chi connectivity index (χ2v) is 11.9. The van der Waals surface area contributed by atoms with Gasteiger partial charge in [-0.25, -0.2) is 0 Å². The van der Waals surface area contributed by atoms with E-state index >= 15 is 0 Å². The lowest BCUT2D eigenvalue weighted by Crippen LogP contribution is -2.10. The van der Waals surface area contributed by atoms with Gasteiger partial charge in [0, 0.05) is 12.4 Å². The molecular weight excluding hydrogens is 398 g/mol. The lowest BCUT2D eigenvalue weighted by atomic mass is 9.87. The van der Waals surface area contributed by atoms with Gasteiger partial charge in [0.15, 0.2) is 0 Å². The predicted molar refractivity (Wildman–Crippen MR) is 149 cm³/mol. The van der Waals surface area contributed by atoms with Crippen LogP contribution in [0.1, 0.15) is 86.4 Å². The van der Waals surface area contributed by atoms with Crippen LogP contribution >= 0.6 is 0 Å². The maximum Gasteiger partial charge on any atom is 0.0300 e. The maximum absolute atomic E-state index is 4.07. The minimum Gasteiger partial charge on any atom is -0.264 e. The normalized spacial score (nSPS) is 11.2. The Morgan fingerprint density at radius 3 is 1.33 bits per heavy atom. The van der Waals surface area contributed by atoms with Crippen LogP contribution in [-0.2, 0) is 18.3 Å². The van der Waals surface area contributed by atoms with Crippen molar-refractivity contribution in [2.75, 3.05) is 0 Å². The van der Waals surface area contributed by atoms with Gasteiger partial charge in [0.1, 0.15) is 0 Å². The summed E-state index contributed by atoms with van der Waals surface area (Å²) in [6, 6.07) is 25.3. The molecule has 1 heteroatoms. The van der Waals surface area contributed by atoms with Crippen molar-refractivity contribution in [3.05, 3.63) is 102 Å². The number of hydrogen-bond donors (Lipinski definition) is 0. The number of benzene rings is 2. The Balaban J connectivity index is 0.000000459. The largest absolute Gasteiger partial charge is 0.264 e. The van der Waals surface area contributed by atoms with E-state index in [4.69, 9.17) is 0 Å². The third kappa shape index (κ3) is 15.9. The summed E-state index contributed by atoms with van der Waals surface area (Å²) in [4.78, 5) is 4.07. The van der Waals surface area contributed by atoms with E-state index in [1.807, 2.05) is 18.5 Å². The van der Waals surface area contributed by atoms with Gasteiger partial charge in [-0.1, -0.05) is 136 Å². The molecule has 2 aromatic carbocycles. The zero-order valence-electron chi connectivity index (χ0n) is 21.9. The van der Waals surface area contributed by atoms with Crippen LogP contribution in [0.15, 0.2) is 85.2 Å². The molecule has 0 atom stereocenters. The molecule has 1 heterocycles. The lowest BCUT2D eigenvalue weighted by Gasteiger charge is -2.18. The zero-order chi connectivity index (χ0) is 24.3. The van der Waals surface area contributed by atoms with Crippen LogP contribution in [0.2, 0.25) is 0 Å². The Morgan fingerprint density at radius 1 is 0.545 bits per heavy atom. The fourth-order valence-electron chi connectivity index (χ4n) is 3.26. The van der Waals surface area contributed by atoms with Gasteiger partial charge in [0.05, 0.1) is 0 Å². The van der Waals surface area contributed by atoms with Gasteiger partial charge in [-0.15, -0.1) is 0 Å². The first-order chi connectivity index (χ1) is 14.8. The van der Waals surface area contributed by atoms with Gasteiger partial charge in [-0.2, -0.15) is 0 Å². The van der Waals surface area contributed by atoms with Gasteiger partial charge >= 0.3 is 0 Å². The van der Waals surface area contributed by atoms with E-state index in [-0.39, 0.29) is 7.43 Å². The second-order valence-electron chi connectivity index (χ2n) is 11.9. The van der Waals surface area contributed by atoms with E-state index in [9.17, 15) is 0 Å². The maximum atomic E-state index is 4.07. The predicted octanol–water partition coefficient (Wildman–Crippen LogP) is 9.57. The van der Waals surface area contributed by atoms with Crippen LogP contribution < -0.4 is 0 Å².